The first-order valence-corrected chi connectivity index (χ1v) is 8.26. The average molecular weight is 289 g/mol. The zero-order chi connectivity index (χ0) is 14.3. The molecular weight excluding hydrogens is 262 g/mol. The van der Waals surface area contributed by atoms with Crippen LogP contribution >= 0.6 is 0 Å². The van der Waals surface area contributed by atoms with Crippen molar-refractivity contribution in [3.05, 3.63) is 29.8 Å². The molecule has 0 amide bonds. The van der Waals surface area contributed by atoms with E-state index in [1.54, 1.807) is 0 Å². The van der Waals surface area contributed by atoms with E-state index in [1.807, 2.05) is 0 Å². The van der Waals surface area contributed by atoms with E-state index in [0.29, 0.717) is 0 Å². The van der Waals surface area contributed by atoms with E-state index in [4.69, 9.17) is 4.74 Å². The monoisotopic (exact) mass is 289 g/mol. The van der Waals surface area contributed by atoms with Crippen molar-refractivity contribution in [2.24, 2.45) is 0 Å². The van der Waals surface area contributed by atoms with Crippen LogP contribution in [0.4, 0.5) is 5.69 Å². The maximum atomic E-state index is 5.36. The second-order valence-electron chi connectivity index (χ2n) is 5.99. The highest BCUT2D eigenvalue weighted by Gasteiger charge is 2.12. The van der Waals surface area contributed by atoms with E-state index < -0.39 is 0 Å². The van der Waals surface area contributed by atoms with Gasteiger partial charge in [-0.05, 0) is 30.5 Å². The summed E-state index contributed by atoms with van der Waals surface area (Å²) < 4.78 is 5.36. The van der Waals surface area contributed by atoms with Gasteiger partial charge in [-0.3, -0.25) is 4.90 Å². The third-order valence-electron chi connectivity index (χ3n) is 4.45. The molecule has 21 heavy (non-hydrogen) atoms. The molecule has 2 saturated heterocycles. The number of nitrogens with one attached hydrogen (secondary N) is 1. The van der Waals surface area contributed by atoms with Crippen molar-refractivity contribution in [2.45, 2.75) is 19.4 Å². The predicted molar refractivity (Wildman–Crippen MR) is 86.9 cm³/mol. The number of hydrogen-bond donors (Lipinski definition) is 1. The Morgan fingerprint density at radius 2 is 1.67 bits per heavy atom. The van der Waals surface area contributed by atoms with Crippen LogP contribution in [0.5, 0.6) is 0 Å². The summed E-state index contributed by atoms with van der Waals surface area (Å²) in [5, 5.41) is 3.54. The summed E-state index contributed by atoms with van der Waals surface area (Å²) in [6.07, 6.45) is 2.68. The van der Waals surface area contributed by atoms with Crippen LogP contribution in [-0.4, -0.2) is 57.4 Å². The molecule has 0 radical (unpaired) electrons. The van der Waals surface area contributed by atoms with E-state index in [1.165, 1.54) is 37.2 Å². The molecule has 4 nitrogen and oxygen atoms in total. The molecule has 1 aromatic rings. The normalized spacial score (nSPS) is 20.1. The number of anilines is 1. The van der Waals surface area contributed by atoms with Crippen molar-refractivity contribution in [3.8, 4) is 0 Å². The minimum Gasteiger partial charge on any atom is -0.379 e. The molecule has 4 heteroatoms. The second kappa shape index (κ2) is 7.78. The summed E-state index contributed by atoms with van der Waals surface area (Å²) in [6, 6.07) is 9.05. The maximum Gasteiger partial charge on any atom is 0.0594 e. The van der Waals surface area contributed by atoms with E-state index in [0.717, 1.165) is 45.9 Å². The Morgan fingerprint density at radius 3 is 2.38 bits per heavy atom. The lowest BCUT2D eigenvalue weighted by atomic mass is 10.2. The van der Waals surface area contributed by atoms with Gasteiger partial charge < -0.3 is 15.0 Å². The molecule has 2 heterocycles. The van der Waals surface area contributed by atoms with E-state index >= 15 is 0 Å². The summed E-state index contributed by atoms with van der Waals surface area (Å²) in [5.41, 5.74) is 2.75. The summed E-state index contributed by atoms with van der Waals surface area (Å²) in [5.74, 6) is 0. The Kier molecular flexibility index (Phi) is 5.49. The molecule has 0 aliphatic carbocycles. The lowest BCUT2D eigenvalue weighted by Gasteiger charge is -2.26. The van der Waals surface area contributed by atoms with Crippen molar-refractivity contribution < 1.29 is 4.74 Å². The zero-order valence-electron chi connectivity index (χ0n) is 12.9. The minimum atomic E-state index is 0.887. The number of benzene rings is 1. The van der Waals surface area contributed by atoms with Gasteiger partial charge in [-0.15, -0.1) is 0 Å². The van der Waals surface area contributed by atoms with Crippen molar-refractivity contribution in [1.82, 2.24) is 10.2 Å². The fraction of sp³-hybridized carbons (Fsp3) is 0.647. The van der Waals surface area contributed by atoms with Crippen LogP contribution in [-0.2, 0) is 11.3 Å². The Morgan fingerprint density at radius 1 is 0.952 bits per heavy atom. The largest absolute Gasteiger partial charge is 0.379 e. The van der Waals surface area contributed by atoms with Gasteiger partial charge in [0.25, 0.3) is 0 Å². The topological polar surface area (TPSA) is 27.7 Å². The Balaban J connectivity index is 1.36. The van der Waals surface area contributed by atoms with Gasteiger partial charge in [0.15, 0.2) is 0 Å². The molecule has 2 fully saturated rings. The molecule has 3 rings (SSSR count). The van der Waals surface area contributed by atoms with E-state index in [2.05, 4.69) is 39.4 Å². The third kappa shape index (κ3) is 4.43. The summed E-state index contributed by atoms with van der Waals surface area (Å²) >= 11 is 0. The first kappa shape index (κ1) is 14.8. The highest BCUT2D eigenvalue weighted by Crippen LogP contribution is 2.20. The van der Waals surface area contributed by atoms with Gasteiger partial charge in [0, 0.05) is 51.5 Å². The van der Waals surface area contributed by atoms with Gasteiger partial charge in [0.2, 0.25) is 0 Å². The lowest BCUT2D eigenvalue weighted by molar-refractivity contribution is 0.0384. The maximum absolute atomic E-state index is 5.36. The number of rotatable bonds is 6. The minimum absolute atomic E-state index is 0.887. The number of morpholine rings is 1. The number of ether oxygens (including phenoxy) is 1. The smallest absolute Gasteiger partial charge is 0.0594 e. The van der Waals surface area contributed by atoms with Crippen LogP contribution < -0.4 is 10.2 Å². The van der Waals surface area contributed by atoms with Crippen LogP contribution in [0.15, 0.2) is 24.3 Å². The SMILES string of the molecule is c1cc(N2CCCC2)ccc1CNCCN1CCOCC1. The van der Waals surface area contributed by atoms with Gasteiger partial charge >= 0.3 is 0 Å². The van der Waals surface area contributed by atoms with Crippen LogP contribution in [0.25, 0.3) is 0 Å². The van der Waals surface area contributed by atoms with Crippen molar-refractivity contribution in [2.75, 3.05) is 57.4 Å². The van der Waals surface area contributed by atoms with E-state index in [9.17, 15) is 0 Å². The molecular formula is C17H27N3O. The molecule has 2 aliphatic heterocycles. The number of hydrogen-bond acceptors (Lipinski definition) is 4. The second-order valence-corrected chi connectivity index (χ2v) is 5.99. The quantitative estimate of drug-likeness (QED) is 0.807. The molecule has 0 bridgehead atoms. The molecule has 116 valence electrons. The van der Waals surface area contributed by atoms with Gasteiger partial charge in [0.1, 0.15) is 0 Å². The summed E-state index contributed by atoms with van der Waals surface area (Å²) in [4.78, 5) is 4.95. The molecule has 1 N–H and O–H groups in total. The van der Waals surface area contributed by atoms with Gasteiger partial charge in [-0.25, -0.2) is 0 Å². The molecule has 0 spiro atoms. The molecule has 0 unspecified atom stereocenters. The lowest BCUT2D eigenvalue weighted by Crippen LogP contribution is -2.40. The van der Waals surface area contributed by atoms with Crippen LogP contribution in [0, 0.1) is 0 Å². The molecule has 1 aromatic carbocycles. The van der Waals surface area contributed by atoms with Crippen LogP contribution in [0.2, 0.25) is 0 Å². The van der Waals surface area contributed by atoms with E-state index in [-0.39, 0.29) is 0 Å². The van der Waals surface area contributed by atoms with Crippen molar-refractivity contribution >= 4 is 5.69 Å². The molecule has 0 atom stereocenters. The molecule has 0 saturated carbocycles. The van der Waals surface area contributed by atoms with Crippen LogP contribution in [0.1, 0.15) is 18.4 Å². The van der Waals surface area contributed by atoms with Gasteiger partial charge in [-0.2, -0.15) is 0 Å². The highest BCUT2D eigenvalue weighted by molar-refractivity contribution is 5.48. The Bertz CT molecular complexity index is 409. The predicted octanol–water partition coefficient (Wildman–Crippen LogP) is 1.71. The summed E-state index contributed by atoms with van der Waals surface area (Å²) in [6.45, 7) is 9.50. The third-order valence-corrected chi connectivity index (χ3v) is 4.45. The average Bonchev–Trinajstić information content (AvgIpc) is 3.08. The molecule has 2 aliphatic rings. The van der Waals surface area contributed by atoms with Crippen molar-refractivity contribution in [3.63, 3.8) is 0 Å². The fourth-order valence-electron chi connectivity index (χ4n) is 3.09. The summed E-state index contributed by atoms with van der Waals surface area (Å²) in [7, 11) is 0. The van der Waals surface area contributed by atoms with Crippen LogP contribution in [0.3, 0.4) is 0 Å². The zero-order valence-corrected chi connectivity index (χ0v) is 12.9. The fourth-order valence-corrected chi connectivity index (χ4v) is 3.09. The first-order chi connectivity index (χ1) is 10.4. The first-order valence-electron chi connectivity index (χ1n) is 8.26. The van der Waals surface area contributed by atoms with Crippen molar-refractivity contribution in [1.29, 1.82) is 0 Å². The standard InChI is InChI=1S/C17H27N3O/c1-2-9-20(8-1)17-5-3-16(4-6-17)15-18-7-10-19-11-13-21-14-12-19/h3-6,18H,1-2,7-15H2. The Labute approximate surface area is 128 Å². The Hall–Kier alpha value is -1.10. The number of nitrogens with zero attached hydrogens (tertiary/aromatic N) is 2. The highest BCUT2D eigenvalue weighted by atomic mass is 16.5. The molecule has 0 aromatic heterocycles. The van der Waals surface area contributed by atoms with Gasteiger partial charge in [0.05, 0.1) is 13.2 Å². The van der Waals surface area contributed by atoms with Gasteiger partial charge in [-0.1, -0.05) is 12.1 Å².